The third kappa shape index (κ3) is 4.34. The van der Waals surface area contributed by atoms with Crippen LogP contribution in [0.4, 0.5) is 0 Å². The fourth-order valence-corrected chi connectivity index (χ4v) is 10.4. The fourth-order valence-electron chi connectivity index (χ4n) is 3.98. The molecule has 3 rings (SSSR count). The van der Waals surface area contributed by atoms with Crippen molar-refractivity contribution in [3.8, 4) is 0 Å². The minimum atomic E-state index is -2.00. The van der Waals surface area contributed by atoms with Crippen LogP contribution in [-0.4, -0.2) is 14.2 Å². The molecule has 0 spiro atoms. The molecule has 0 heterocycles. The van der Waals surface area contributed by atoms with Gasteiger partial charge in [-0.1, -0.05) is 0 Å². The molecule has 0 aliphatic rings. The van der Waals surface area contributed by atoms with Crippen molar-refractivity contribution < 1.29 is 0 Å². The van der Waals surface area contributed by atoms with E-state index in [1.807, 2.05) is 0 Å². The summed E-state index contributed by atoms with van der Waals surface area (Å²) < 4.78 is 0. The van der Waals surface area contributed by atoms with Crippen LogP contribution >= 0.6 is 7.26 Å². The third-order valence-electron chi connectivity index (χ3n) is 5.28. The second kappa shape index (κ2) is 8.33. The van der Waals surface area contributed by atoms with Crippen molar-refractivity contribution >= 4 is 31.2 Å². The maximum atomic E-state index is 2.49. The van der Waals surface area contributed by atoms with Gasteiger partial charge in [0.2, 0.25) is 0 Å². The van der Waals surface area contributed by atoms with Crippen LogP contribution in [0.3, 0.4) is 0 Å². The summed E-state index contributed by atoms with van der Waals surface area (Å²) in [6.45, 7) is 7.47. The Morgan fingerprint density at radius 2 is 0.923 bits per heavy atom. The third-order valence-corrected chi connectivity index (χ3v) is 12.2. The van der Waals surface area contributed by atoms with E-state index in [0.29, 0.717) is 0 Å². The van der Waals surface area contributed by atoms with Crippen molar-refractivity contribution in [1.82, 2.24) is 0 Å². The van der Waals surface area contributed by atoms with E-state index in [1.54, 1.807) is 0 Å². The molecule has 0 saturated heterocycles. The van der Waals surface area contributed by atoms with Gasteiger partial charge >= 0.3 is 161 Å². The van der Waals surface area contributed by atoms with Crippen molar-refractivity contribution in [3.63, 3.8) is 0 Å². The molecule has 0 fully saturated rings. The van der Waals surface area contributed by atoms with Crippen LogP contribution in [-0.2, 0) is 0 Å². The van der Waals surface area contributed by atoms with E-state index in [4.69, 9.17) is 0 Å². The van der Waals surface area contributed by atoms with E-state index in [0.717, 1.165) is 0 Å². The first-order valence-corrected chi connectivity index (χ1v) is 15.6. The van der Waals surface area contributed by atoms with Gasteiger partial charge < -0.3 is 0 Å². The van der Waals surface area contributed by atoms with Gasteiger partial charge in [0.15, 0.2) is 0 Å². The molecule has 0 aliphatic heterocycles. The van der Waals surface area contributed by atoms with Gasteiger partial charge in [-0.15, -0.1) is 0 Å². The Hall–Kier alpha value is -1.69. The molecular formula is C24H31PSi. The van der Waals surface area contributed by atoms with Crippen LogP contribution in [0.15, 0.2) is 91.0 Å². The van der Waals surface area contributed by atoms with Crippen molar-refractivity contribution in [1.29, 1.82) is 0 Å². The van der Waals surface area contributed by atoms with Gasteiger partial charge in [0.25, 0.3) is 0 Å². The molecule has 26 heavy (non-hydrogen) atoms. The predicted molar refractivity (Wildman–Crippen MR) is 124 cm³/mol. The summed E-state index contributed by atoms with van der Waals surface area (Å²) in [5.74, 6) is 0. The van der Waals surface area contributed by atoms with E-state index in [9.17, 15) is 0 Å². The Balaban J connectivity index is 2.15. The normalized spacial score (nSPS) is 12.7. The topological polar surface area (TPSA) is 0 Å². The van der Waals surface area contributed by atoms with E-state index in [1.165, 1.54) is 34.5 Å². The zero-order valence-electron chi connectivity index (χ0n) is 16.3. The molecule has 136 valence electrons. The van der Waals surface area contributed by atoms with E-state index >= 15 is 0 Å². The zero-order valence-corrected chi connectivity index (χ0v) is 18.3. The van der Waals surface area contributed by atoms with Gasteiger partial charge in [-0.25, -0.2) is 0 Å². The molecule has 0 saturated carbocycles. The average Bonchev–Trinajstić information content (AvgIpc) is 2.67. The van der Waals surface area contributed by atoms with Crippen molar-refractivity contribution in [2.45, 2.75) is 32.1 Å². The standard InChI is InChI=1S/C24H31PSi/c1-26(2,3)21-13-20-25(22-14-7-4-8-15-22,23-16-9-5-10-17-23)24-18-11-6-12-19-24/h4-12,14-19,25H,13,20-21H2,1-3H3. The summed E-state index contributed by atoms with van der Waals surface area (Å²) in [6, 6.07) is 35.2. The van der Waals surface area contributed by atoms with Crippen LogP contribution in [0.1, 0.15) is 6.42 Å². The van der Waals surface area contributed by atoms with Crippen LogP contribution in [0.25, 0.3) is 0 Å². The quantitative estimate of drug-likeness (QED) is 0.379. The summed E-state index contributed by atoms with van der Waals surface area (Å²) in [5.41, 5.74) is 0. The average molecular weight is 379 g/mol. The van der Waals surface area contributed by atoms with Crippen LogP contribution in [0.2, 0.25) is 25.7 Å². The second-order valence-electron chi connectivity index (χ2n) is 8.42. The number of hydrogen-bond donors (Lipinski definition) is 0. The molecule has 0 aromatic heterocycles. The summed E-state index contributed by atoms with van der Waals surface area (Å²) in [4.78, 5) is 0. The molecule has 3 aromatic carbocycles. The first-order valence-electron chi connectivity index (χ1n) is 9.69. The van der Waals surface area contributed by atoms with Crippen LogP contribution in [0, 0.1) is 0 Å². The van der Waals surface area contributed by atoms with Gasteiger partial charge in [0.05, 0.1) is 0 Å². The summed E-state index contributed by atoms with van der Waals surface area (Å²) in [7, 11) is -3.04. The molecule has 0 nitrogen and oxygen atoms in total. The van der Waals surface area contributed by atoms with Gasteiger partial charge in [-0.2, -0.15) is 0 Å². The minimum absolute atomic E-state index is 1.04. The summed E-state index contributed by atoms with van der Waals surface area (Å²) >= 11 is 0. The first-order chi connectivity index (χ1) is 12.5. The Kier molecular flexibility index (Phi) is 6.11. The summed E-state index contributed by atoms with van der Waals surface area (Å²) in [6.07, 6.45) is 2.61. The van der Waals surface area contributed by atoms with E-state index < -0.39 is 15.3 Å². The zero-order chi connectivity index (χ0) is 18.5. The molecule has 0 radical (unpaired) electrons. The monoisotopic (exact) mass is 378 g/mol. The Morgan fingerprint density at radius 3 is 1.23 bits per heavy atom. The molecule has 0 aliphatic carbocycles. The molecule has 0 atom stereocenters. The molecule has 0 bridgehead atoms. The second-order valence-corrected chi connectivity index (χ2v) is 18.1. The number of benzene rings is 3. The molecule has 0 amide bonds. The van der Waals surface area contributed by atoms with Gasteiger partial charge in [-0.3, -0.25) is 0 Å². The molecule has 0 N–H and O–H groups in total. The number of rotatable bonds is 7. The van der Waals surface area contributed by atoms with Gasteiger partial charge in [-0.05, 0) is 0 Å². The fraction of sp³-hybridized carbons (Fsp3) is 0.250. The van der Waals surface area contributed by atoms with Crippen LogP contribution < -0.4 is 15.9 Å². The maximum absolute atomic E-state index is 2.49. The number of hydrogen-bond acceptors (Lipinski definition) is 0. The van der Waals surface area contributed by atoms with Gasteiger partial charge in [0, 0.05) is 0 Å². The summed E-state index contributed by atoms with van der Waals surface area (Å²) in [5, 5.41) is 4.61. The predicted octanol–water partition coefficient (Wildman–Crippen LogP) is 5.44. The SMILES string of the molecule is C[Si](C)(C)CCC[PH](c1ccccc1)(c1ccccc1)c1ccccc1. The van der Waals surface area contributed by atoms with E-state index in [2.05, 4.69) is 111 Å². The Labute approximate surface area is 160 Å². The molecular weight excluding hydrogens is 347 g/mol. The van der Waals surface area contributed by atoms with Crippen LogP contribution in [0.5, 0.6) is 0 Å². The molecule has 3 aromatic rings. The van der Waals surface area contributed by atoms with Gasteiger partial charge in [0.1, 0.15) is 0 Å². The van der Waals surface area contributed by atoms with Crippen molar-refractivity contribution in [3.05, 3.63) is 91.0 Å². The Morgan fingerprint density at radius 1 is 0.577 bits per heavy atom. The molecule has 2 heteroatoms. The van der Waals surface area contributed by atoms with Crippen molar-refractivity contribution in [2.75, 3.05) is 6.16 Å². The molecule has 0 unspecified atom stereocenters. The van der Waals surface area contributed by atoms with E-state index in [-0.39, 0.29) is 0 Å². The van der Waals surface area contributed by atoms with Crippen molar-refractivity contribution in [2.24, 2.45) is 0 Å². The first kappa shape index (κ1) is 19.1. The Bertz CT molecular complexity index is 695.